The van der Waals surface area contributed by atoms with Crippen LogP contribution >= 0.6 is 0 Å². The number of benzene rings is 2. The van der Waals surface area contributed by atoms with Crippen LogP contribution in [0.2, 0.25) is 13.1 Å². The molecule has 161 valence electrons. The summed E-state index contributed by atoms with van der Waals surface area (Å²) in [6.45, 7) is 12.0. The second kappa shape index (κ2) is 6.85. The number of hydrogen-bond donors (Lipinski definition) is 0. The molecule has 2 heteroatoms. The third kappa shape index (κ3) is 2.94. The molecular formula is C29H35OSi. The molecule has 0 aromatic heterocycles. The zero-order valence-electron chi connectivity index (χ0n) is 19.7. The highest BCUT2D eigenvalue weighted by Crippen LogP contribution is 2.65. The van der Waals surface area contributed by atoms with Gasteiger partial charge >= 0.3 is 0 Å². The predicted molar refractivity (Wildman–Crippen MR) is 131 cm³/mol. The highest BCUT2D eigenvalue weighted by atomic mass is 28.3. The minimum absolute atomic E-state index is 0.369. The van der Waals surface area contributed by atoms with E-state index in [-0.39, 0.29) is 0 Å². The summed E-state index contributed by atoms with van der Waals surface area (Å²) in [5.74, 6) is 5.33. The zero-order valence-corrected chi connectivity index (χ0v) is 20.7. The first-order chi connectivity index (χ1) is 14.8. The molecule has 4 fully saturated rings. The summed E-state index contributed by atoms with van der Waals surface area (Å²) >= 11 is 0. The molecule has 4 bridgehead atoms. The summed E-state index contributed by atoms with van der Waals surface area (Å²) in [7, 11) is -0.823. The molecular weight excluding hydrogens is 392 g/mol. The fourth-order valence-electron chi connectivity index (χ4n) is 8.07. The van der Waals surface area contributed by atoms with Gasteiger partial charge in [-0.05, 0) is 102 Å². The minimum Gasteiger partial charge on any atom is -0.542 e. The lowest BCUT2D eigenvalue weighted by Gasteiger charge is -2.60. The molecule has 7 rings (SSSR count). The Labute approximate surface area is 189 Å². The van der Waals surface area contributed by atoms with Gasteiger partial charge in [0, 0.05) is 5.56 Å². The van der Waals surface area contributed by atoms with E-state index in [0.29, 0.717) is 5.41 Å². The maximum atomic E-state index is 6.52. The number of fused-ring (bicyclic) bond motifs is 3. The molecule has 0 N–H and O–H groups in total. The third-order valence-electron chi connectivity index (χ3n) is 8.57. The second-order valence-electron chi connectivity index (χ2n) is 11.8. The van der Waals surface area contributed by atoms with Crippen molar-refractivity contribution in [3.05, 3.63) is 59.2 Å². The zero-order chi connectivity index (χ0) is 21.5. The van der Waals surface area contributed by atoms with Gasteiger partial charge in [-0.1, -0.05) is 62.7 Å². The van der Waals surface area contributed by atoms with Crippen LogP contribution in [0.4, 0.5) is 0 Å². The fourth-order valence-corrected chi connectivity index (χ4v) is 8.68. The highest BCUT2D eigenvalue weighted by Gasteiger charge is 2.55. The third-order valence-corrected chi connectivity index (χ3v) is 9.20. The molecule has 5 aliphatic rings. The van der Waals surface area contributed by atoms with Crippen LogP contribution in [0.1, 0.15) is 57.6 Å². The lowest BCUT2D eigenvalue weighted by molar-refractivity contribution is -0.0431. The average Bonchev–Trinajstić information content (AvgIpc) is 3.02. The van der Waals surface area contributed by atoms with Crippen LogP contribution in [0, 0.1) is 35.0 Å². The molecule has 1 nitrogen and oxygen atoms in total. The Hall–Kier alpha value is -1.80. The molecule has 5 unspecified atom stereocenters. The molecule has 1 radical (unpaired) electrons. The van der Waals surface area contributed by atoms with Gasteiger partial charge in [0.1, 0.15) is 5.75 Å². The predicted octanol–water partition coefficient (Wildman–Crippen LogP) is 7.83. The molecule has 2 aromatic rings. The van der Waals surface area contributed by atoms with Gasteiger partial charge in [0.15, 0.2) is 0 Å². The van der Waals surface area contributed by atoms with E-state index < -0.39 is 9.04 Å². The smallest absolute Gasteiger partial charge is 0.274 e. The summed E-state index contributed by atoms with van der Waals surface area (Å²) in [4.78, 5) is 0. The van der Waals surface area contributed by atoms with Crippen molar-refractivity contribution in [3.8, 4) is 16.9 Å². The van der Waals surface area contributed by atoms with Gasteiger partial charge in [-0.25, -0.2) is 0 Å². The lowest BCUT2D eigenvalue weighted by Crippen LogP contribution is -2.51. The molecule has 0 saturated heterocycles. The first-order valence-corrected chi connectivity index (χ1v) is 14.7. The van der Waals surface area contributed by atoms with E-state index >= 15 is 0 Å². The quantitative estimate of drug-likeness (QED) is 0.379. The van der Waals surface area contributed by atoms with Gasteiger partial charge in [-0.2, -0.15) is 0 Å². The number of allylic oxidation sites excluding steroid dienone is 1. The van der Waals surface area contributed by atoms with Crippen LogP contribution in [-0.4, -0.2) is 9.04 Å². The Morgan fingerprint density at radius 2 is 1.58 bits per heavy atom. The molecule has 0 amide bonds. The maximum Gasteiger partial charge on any atom is 0.274 e. The topological polar surface area (TPSA) is 9.23 Å². The molecule has 0 spiro atoms. The van der Waals surface area contributed by atoms with Crippen molar-refractivity contribution in [2.45, 2.75) is 59.5 Å². The van der Waals surface area contributed by atoms with E-state index in [2.05, 4.69) is 76.3 Å². The summed E-state index contributed by atoms with van der Waals surface area (Å²) in [6, 6.07) is 15.9. The minimum atomic E-state index is -0.823. The Kier molecular flexibility index (Phi) is 4.38. The van der Waals surface area contributed by atoms with Gasteiger partial charge in [-0.15, -0.1) is 0 Å². The number of rotatable bonds is 2. The van der Waals surface area contributed by atoms with E-state index in [1.807, 2.05) is 0 Å². The standard InChI is InChI=1S/C29H35OSi/c1-29(2,3)28-19-14-17-13-18(16-19)25(23(28)15-17)27-22-10-7-6-9-20(22)21-11-8-12-24(26(21)27)30-31(4)5/h6-12,17-19,23,28H,13-16H2,1-5H3/b27-25-. The molecule has 5 atom stereocenters. The van der Waals surface area contributed by atoms with Crippen molar-refractivity contribution in [1.29, 1.82) is 0 Å². The van der Waals surface area contributed by atoms with Gasteiger partial charge in [0.2, 0.25) is 0 Å². The van der Waals surface area contributed by atoms with Gasteiger partial charge in [0.05, 0.1) is 0 Å². The van der Waals surface area contributed by atoms with Gasteiger partial charge < -0.3 is 4.43 Å². The van der Waals surface area contributed by atoms with Crippen molar-refractivity contribution >= 4 is 14.6 Å². The summed E-state index contributed by atoms with van der Waals surface area (Å²) < 4.78 is 6.52. The van der Waals surface area contributed by atoms with Crippen LogP contribution in [0.25, 0.3) is 16.7 Å². The average molecular weight is 428 g/mol. The summed E-state index contributed by atoms with van der Waals surface area (Å²) in [5, 5.41) is 0. The normalized spacial score (nSPS) is 33.0. The Balaban J connectivity index is 1.63. The molecule has 4 saturated carbocycles. The van der Waals surface area contributed by atoms with E-state index in [1.165, 1.54) is 47.9 Å². The fraction of sp³-hybridized carbons (Fsp3) is 0.517. The van der Waals surface area contributed by atoms with E-state index in [4.69, 9.17) is 4.43 Å². The van der Waals surface area contributed by atoms with Crippen LogP contribution in [0.15, 0.2) is 48.0 Å². The first-order valence-electron chi connectivity index (χ1n) is 12.3. The summed E-state index contributed by atoms with van der Waals surface area (Å²) in [6.07, 6.45) is 5.71. The maximum absolute atomic E-state index is 6.52. The van der Waals surface area contributed by atoms with Crippen LogP contribution in [-0.2, 0) is 0 Å². The van der Waals surface area contributed by atoms with Crippen molar-refractivity contribution in [1.82, 2.24) is 0 Å². The van der Waals surface area contributed by atoms with E-state index in [0.717, 1.165) is 35.3 Å². The van der Waals surface area contributed by atoms with Crippen molar-refractivity contribution in [3.63, 3.8) is 0 Å². The molecule has 31 heavy (non-hydrogen) atoms. The van der Waals surface area contributed by atoms with Gasteiger partial charge in [-0.3, -0.25) is 0 Å². The molecule has 2 aromatic carbocycles. The molecule has 5 aliphatic carbocycles. The Bertz CT molecular complexity index is 1070. The van der Waals surface area contributed by atoms with Crippen LogP contribution in [0.5, 0.6) is 5.75 Å². The van der Waals surface area contributed by atoms with E-state index in [1.54, 1.807) is 11.1 Å². The summed E-state index contributed by atoms with van der Waals surface area (Å²) in [5.41, 5.74) is 9.40. The Morgan fingerprint density at radius 1 is 0.839 bits per heavy atom. The van der Waals surface area contributed by atoms with E-state index in [9.17, 15) is 0 Å². The monoisotopic (exact) mass is 427 g/mol. The largest absolute Gasteiger partial charge is 0.542 e. The highest BCUT2D eigenvalue weighted by molar-refractivity contribution is 6.49. The molecule has 0 heterocycles. The lowest BCUT2D eigenvalue weighted by atomic mass is 9.45. The van der Waals surface area contributed by atoms with Crippen molar-refractivity contribution in [2.75, 3.05) is 0 Å². The van der Waals surface area contributed by atoms with Gasteiger partial charge in [0.25, 0.3) is 9.04 Å². The number of hydrogen-bond acceptors (Lipinski definition) is 1. The first kappa shape index (κ1) is 19.9. The van der Waals surface area contributed by atoms with Crippen LogP contribution < -0.4 is 4.43 Å². The Morgan fingerprint density at radius 3 is 2.32 bits per heavy atom. The molecule has 0 aliphatic heterocycles. The van der Waals surface area contributed by atoms with Crippen molar-refractivity contribution in [2.24, 2.45) is 35.0 Å². The SMILES string of the molecule is C[Si](C)Oc1cccc2c1/C(=C1/C3CC4CC(C3)C(C(C)(C)C)C1C4)c1ccccc1-2. The second-order valence-corrected chi connectivity index (χ2v) is 13.8. The van der Waals surface area contributed by atoms with Crippen LogP contribution in [0.3, 0.4) is 0 Å². The van der Waals surface area contributed by atoms with Crippen molar-refractivity contribution < 1.29 is 4.43 Å².